The highest BCUT2D eigenvalue weighted by molar-refractivity contribution is 5.44. The maximum absolute atomic E-state index is 9.73. The van der Waals surface area contributed by atoms with E-state index in [1.807, 2.05) is 60.7 Å². The minimum Gasteiger partial charge on any atom is -0.287 e. The fourth-order valence-electron chi connectivity index (χ4n) is 1.43. The molecule has 0 fully saturated rings. The summed E-state index contributed by atoms with van der Waals surface area (Å²) in [6.07, 6.45) is 0. The largest absolute Gasteiger partial charge is 0.287 e. The van der Waals surface area contributed by atoms with Crippen molar-refractivity contribution in [3.8, 4) is 11.8 Å². The highest BCUT2D eigenvalue weighted by atomic mass is 16.5. The second-order valence-electron chi connectivity index (χ2n) is 3.56. The zero-order valence-electron chi connectivity index (χ0n) is 9.38. The van der Waals surface area contributed by atoms with Gasteiger partial charge < -0.3 is 0 Å². The van der Waals surface area contributed by atoms with Crippen LogP contribution in [0, 0.1) is 11.8 Å². The summed E-state index contributed by atoms with van der Waals surface area (Å²) < 4.78 is 0. The minimum atomic E-state index is 0.291. The summed E-state index contributed by atoms with van der Waals surface area (Å²) in [5.74, 6) is 5.92. The number of hydroxylamine groups is 1. The van der Waals surface area contributed by atoms with Crippen LogP contribution in [0.3, 0.4) is 0 Å². The molecule has 2 aromatic carbocycles. The van der Waals surface area contributed by atoms with Crippen molar-refractivity contribution in [1.29, 1.82) is 0 Å². The maximum atomic E-state index is 9.73. The van der Waals surface area contributed by atoms with Gasteiger partial charge in [0.2, 0.25) is 0 Å². The molecule has 0 aliphatic carbocycles. The number of rotatable bonds is 2. The molecule has 0 aliphatic heterocycles. The number of hydrogen-bond donors (Lipinski definition) is 1. The van der Waals surface area contributed by atoms with E-state index < -0.39 is 0 Å². The van der Waals surface area contributed by atoms with Crippen LogP contribution in [0.4, 0.5) is 5.69 Å². The molecule has 0 saturated carbocycles. The van der Waals surface area contributed by atoms with Crippen LogP contribution in [-0.4, -0.2) is 11.8 Å². The Morgan fingerprint density at radius 2 is 1.47 bits per heavy atom. The molecular formula is C15H13NO. The Bertz CT molecular complexity index is 511. The van der Waals surface area contributed by atoms with Gasteiger partial charge in [-0.2, -0.15) is 0 Å². The van der Waals surface area contributed by atoms with Gasteiger partial charge in [0.1, 0.15) is 6.54 Å². The predicted molar refractivity (Wildman–Crippen MR) is 68.9 cm³/mol. The predicted octanol–water partition coefficient (Wildman–Crippen LogP) is 2.93. The molecule has 0 aliphatic rings. The molecule has 0 atom stereocenters. The molecule has 2 aromatic rings. The molecule has 0 spiro atoms. The first-order valence-electron chi connectivity index (χ1n) is 5.41. The highest BCUT2D eigenvalue weighted by Crippen LogP contribution is 2.09. The number of hydrogen-bond acceptors (Lipinski definition) is 2. The van der Waals surface area contributed by atoms with E-state index in [1.165, 1.54) is 0 Å². The van der Waals surface area contributed by atoms with Crippen molar-refractivity contribution in [1.82, 2.24) is 0 Å². The monoisotopic (exact) mass is 223 g/mol. The normalized spacial score (nSPS) is 9.24. The van der Waals surface area contributed by atoms with Gasteiger partial charge in [0.25, 0.3) is 0 Å². The van der Waals surface area contributed by atoms with Crippen LogP contribution in [0.1, 0.15) is 5.56 Å². The Morgan fingerprint density at radius 3 is 2.12 bits per heavy atom. The van der Waals surface area contributed by atoms with Crippen molar-refractivity contribution in [3.63, 3.8) is 0 Å². The molecule has 84 valence electrons. The molecule has 0 heterocycles. The van der Waals surface area contributed by atoms with Crippen molar-refractivity contribution >= 4 is 5.69 Å². The summed E-state index contributed by atoms with van der Waals surface area (Å²) in [5.41, 5.74) is 1.70. The lowest BCUT2D eigenvalue weighted by Crippen LogP contribution is -2.17. The van der Waals surface area contributed by atoms with E-state index in [0.29, 0.717) is 6.54 Å². The molecule has 2 heteroatoms. The molecule has 1 N–H and O–H groups in total. The number of nitrogens with zero attached hydrogens (tertiary/aromatic N) is 1. The van der Waals surface area contributed by atoms with E-state index in [4.69, 9.17) is 0 Å². The van der Waals surface area contributed by atoms with Gasteiger partial charge in [-0.1, -0.05) is 48.2 Å². The number of benzene rings is 2. The van der Waals surface area contributed by atoms with E-state index in [9.17, 15) is 5.21 Å². The van der Waals surface area contributed by atoms with E-state index in [1.54, 1.807) is 0 Å². The molecule has 2 nitrogen and oxygen atoms in total. The van der Waals surface area contributed by atoms with Gasteiger partial charge in [0.15, 0.2) is 0 Å². The fourth-order valence-corrected chi connectivity index (χ4v) is 1.43. The molecule has 0 radical (unpaired) electrons. The zero-order chi connectivity index (χ0) is 11.9. The third kappa shape index (κ3) is 3.37. The van der Waals surface area contributed by atoms with Crippen molar-refractivity contribution in [2.45, 2.75) is 0 Å². The lowest BCUT2D eigenvalue weighted by molar-refractivity contribution is 0.268. The van der Waals surface area contributed by atoms with Crippen LogP contribution >= 0.6 is 0 Å². The van der Waals surface area contributed by atoms with Crippen molar-refractivity contribution in [2.75, 3.05) is 11.6 Å². The third-order valence-corrected chi connectivity index (χ3v) is 2.29. The molecule has 0 aromatic heterocycles. The summed E-state index contributed by atoms with van der Waals surface area (Å²) in [6.45, 7) is 0.291. The van der Waals surface area contributed by atoms with Crippen molar-refractivity contribution in [3.05, 3.63) is 66.2 Å². The minimum absolute atomic E-state index is 0.291. The van der Waals surface area contributed by atoms with E-state index in [-0.39, 0.29) is 0 Å². The second-order valence-corrected chi connectivity index (χ2v) is 3.56. The van der Waals surface area contributed by atoms with Gasteiger partial charge in [0.05, 0.1) is 5.69 Å². The summed E-state index contributed by atoms with van der Waals surface area (Å²) in [5, 5.41) is 10.9. The Balaban J connectivity index is 1.98. The Hall–Kier alpha value is -2.24. The van der Waals surface area contributed by atoms with Gasteiger partial charge in [-0.05, 0) is 24.3 Å². The van der Waals surface area contributed by atoms with Crippen LogP contribution in [0.15, 0.2) is 60.7 Å². The summed E-state index contributed by atoms with van der Waals surface area (Å²) in [4.78, 5) is 0. The maximum Gasteiger partial charge on any atom is 0.106 e. The zero-order valence-corrected chi connectivity index (χ0v) is 9.38. The van der Waals surface area contributed by atoms with Crippen LogP contribution in [0.25, 0.3) is 0 Å². The topological polar surface area (TPSA) is 23.5 Å². The first-order valence-corrected chi connectivity index (χ1v) is 5.41. The van der Waals surface area contributed by atoms with Crippen molar-refractivity contribution in [2.24, 2.45) is 0 Å². The first-order chi connectivity index (χ1) is 8.36. The molecule has 0 amide bonds. The lowest BCUT2D eigenvalue weighted by Gasteiger charge is -2.12. The van der Waals surface area contributed by atoms with Gasteiger partial charge in [-0.15, -0.1) is 0 Å². The summed E-state index contributed by atoms with van der Waals surface area (Å²) in [6, 6.07) is 19.1. The highest BCUT2D eigenvalue weighted by Gasteiger charge is 1.97. The number of para-hydroxylation sites is 1. The lowest BCUT2D eigenvalue weighted by atomic mass is 10.2. The molecule has 0 bridgehead atoms. The molecule has 2 rings (SSSR count). The molecule has 0 unspecified atom stereocenters. The van der Waals surface area contributed by atoms with Gasteiger partial charge >= 0.3 is 0 Å². The fraction of sp³-hybridized carbons (Fsp3) is 0.0667. The second kappa shape index (κ2) is 5.74. The quantitative estimate of drug-likeness (QED) is 0.625. The van der Waals surface area contributed by atoms with E-state index in [2.05, 4.69) is 11.8 Å². The summed E-state index contributed by atoms with van der Waals surface area (Å²) in [7, 11) is 0. The van der Waals surface area contributed by atoms with Gasteiger partial charge in [-0.3, -0.25) is 5.21 Å². The smallest absolute Gasteiger partial charge is 0.106 e. The Morgan fingerprint density at radius 1 is 0.882 bits per heavy atom. The van der Waals surface area contributed by atoms with Crippen LogP contribution in [0.5, 0.6) is 0 Å². The van der Waals surface area contributed by atoms with Crippen LogP contribution in [0.2, 0.25) is 0 Å². The molecule has 17 heavy (non-hydrogen) atoms. The Labute approximate surface area is 101 Å². The third-order valence-electron chi connectivity index (χ3n) is 2.29. The number of anilines is 1. The SMILES string of the molecule is ON(CC#Cc1ccccc1)c1ccccc1. The van der Waals surface area contributed by atoms with Gasteiger partial charge in [-0.25, -0.2) is 5.06 Å². The van der Waals surface area contributed by atoms with Gasteiger partial charge in [0, 0.05) is 5.56 Å². The van der Waals surface area contributed by atoms with Crippen molar-refractivity contribution < 1.29 is 5.21 Å². The summed E-state index contributed by atoms with van der Waals surface area (Å²) >= 11 is 0. The van der Waals surface area contributed by atoms with Crippen LogP contribution < -0.4 is 5.06 Å². The Kier molecular flexibility index (Phi) is 3.80. The molecule has 0 saturated heterocycles. The molecular weight excluding hydrogens is 210 g/mol. The standard InChI is InChI=1S/C15H13NO/c17-16(15-11-5-2-6-12-15)13-7-10-14-8-3-1-4-9-14/h1-6,8-9,11-12,17H,13H2. The first kappa shape index (κ1) is 11.3. The van der Waals surface area contributed by atoms with E-state index in [0.717, 1.165) is 16.3 Å². The average molecular weight is 223 g/mol. The van der Waals surface area contributed by atoms with E-state index >= 15 is 0 Å². The van der Waals surface area contributed by atoms with Crippen LogP contribution in [-0.2, 0) is 0 Å². The average Bonchev–Trinajstić information content (AvgIpc) is 2.41.